The number of aromatic nitrogens is 2. The van der Waals surface area contributed by atoms with E-state index in [1.54, 1.807) is 6.20 Å². The number of aliphatic hydroxyl groups excluding tert-OH is 1. The van der Waals surface area contributed by atoms with Crippen molar-refractivity contribution in [1.29, 1.82) is 0 Å². The van der Waals surface area contributed by atoms with E-state index >= 15 is 0 Å². The summed E-state index contributed by atoms with van der Waals surface area (Å²) in [7, 11) is 0. The summed E-state index contributed by atoms with van der Waals surface area (Å²) in [5.41, 5.74) is 2.08. The quantitative estimate of drug-likeness (QED) is 0.797. The maximum atomic E-state index is 8.84. The van der Waals surface area contributed by atoms with Crippen LogP contribution in [0.5, 0.6) is 0 Å². The minimum atomic E-state index is 0.156. The molecule has 0 aliphatic carbocycles. The molecule has 0 bridgehead atoms. The molecular weight excluding hydrogens is 214 g/mol. The van der Waals surface area contributed by atoms with Crippen molar-refractivity contribution in [1.82, 2.24) is 9.97 Å². The summed E-state index contributed by atoms with van der Waals surface area (Å²) in [6, 6.07) is 0. The van der Waals surface area contributed by atoms with Gasteiger partial charge in [-0.05, 0) is 32.1 Å². The van der Waals surface area contributed by atoms with Crippen molar-refractivity contribution in [3.63, 3.8) is 0 Å². The minimum absolute atomic E-state index is 0.156. The zero-order valence-corrected chi connectivity index (χ0v) is 11.2. The second-order valence-corrected chi connectivity index (χ2v) is 5.27. The van der Waals surface area contributed by atoms with Gasteiger partial charge in [-0.2, -0.15) is 0 Å². The van der Waals surface area contributed by atoms with Crippen LogP contribution in [-0.2, 0) is 0 Å². The zero-order chi connectivity index (χ0) is 12.9. The van der Waals surface area contributed by atoms with Crippen LogP contribution in [0.3, 0.4) is 0 Å². The molecule has 96 valence electrons. The van der Waals surface area contributed by atoms with Crippen molar-refractivity contribution in [3.8, 4) is 0 Å². The molecule has 0 fully saturated rings. The van der Waals surface area contributed by atoms with Crippen molar-refractivity contribution in [2.24, 2.45) is 5.41 Å². The van der Waals surface area contributed by atoms with E-state index in [1.807, 2.05) is 13.8 Å². The van der Waals surface area contributed by atoms with Crippen molar-refractivity contribution < 1.29 is 5.11 Å². The van der Waals surface area contributed by atoms with Gasteiger partial charge in [-0.25, -0.2) is 4.98 Å². The Morgan fingerprint density at radius 3 is 2.59 bits per heavy atom. The van der Waals surface area contributed by atoms with E-state index in [0.717, 1.165) is 36.6 Å². The molecule has 1 heterocycles. The Balaban J connectivity index is 2.51. The lowest BCUT2D eigenvalue weighted by Gasteiger charge is -2.24. The van der Waals surface area contributed by atoms with Gasteiger partial charge in [0.2, 0.25) is 0 Å². The van der Waals surface area contributed by atoms with E-state index in [0.29, 0.717) is 0 Å². The number of nitrogens with one attached hydrogen (secondary N) is 1. The molecule has 0 aromatic carbocycles. The molecule has 0 saturated carbocycles. The lowest BCUT2D eigenvalue weighted by molar-refractivity contribution is 0.248. The Labute approximate surface area is 103 Å². The van der Waals surface area contributed by atoms with E-state index in [4.69, 9.17) is 5.11 Å². The SMILES string of the molecule is Cc1ncc(NCC(C)(C)CCCO)nc1C. The molecule has 0 radical (unpaired) electrons. The number of anilines is 1. The normalized spacial score (nSPS) is 11.6. The van der Waals surface area contributed by atoms with E-state index in [-0.39, 0.29) is 12.0 Å². The van der Waals surface area contributed by atoms with E-state index in [9.17, 15) is 0 Å². The van der Waals surface area contributed by atoms with Crippen LogP contribution >= 0.6 is 0 Å². The molecule has 1 rings (SSSR count). The second-order valence-electron chi connectivity index (χ2n) is 5.27. The van der Waals surface area contributed by atoms with Crippen LogP contribution in [0.15, 0.2) is 6.20 Å². The van der Waals surface area contributed by atoms with Gasteiger partial charge in [-0.1, -0.05) is 13.8 Å². The molecule has 0 aliphatic heterocycles. The van der Waals surface area contributed by atoms with Gasteiger partial charge in [0.05, 0.1) is 17.6 Å². The summed E-state index contributed by atoms with van der Waals surface area (Å²) in [6.07, 6.45) is 3.60. The Bertz CT molecular complexity index is 364. The first-order chi connectivity index (χ1) is 7.94. The Morgan fingerprint density at radius 2 is 2.00 bits per heavy atom. The average molecular weight is 237 g/mol. The topological polar surface area (TPSA) is 58.0 Å². The molecule has 1 aromatic heterocycles. The zero-order valence-electron chi connectivity index (χ0n) is 11.2. The van der Waals surface area contributed by atoms with Crippen molar-refractivity contribution in [2.75, 3.05) is 18.5 Å². The standard InChI is InChI=1S/C13H23N3O/c1-10-11(2)16-12(8-14-10)15-9-13(3,4)6-5-7-17/h8,17H,5-7,9H2,1-4H3,(H,15,16). The molecule has 17 heavy (non-hydrogen) atoms. The van der Waals surface area contributed by atoms with Crippen molar-refractivity contribution in [2.45, 2.75) is 40.5 Å². The van der Waals surface area contributed by atoms with E-state index < -0.39 is 0 Å². The van der Waals surface area contributed by atoms with Crippen LogP contribution in [-0.4, -0.2) is 28.2 Å². The third-order valence-corrected chi connectivity index (χ3v) is 2.95. The molecular formula is C13H23N3O. The first kappa shape index (κ1) is 13.9. The van der Waals surface area contributed by atoms with Crippen LogP contribution in [0.4, 0.5) is 5.82 Å². The second kappa shape index (κ2) is 5.96. The van der Waals surface area contributed by atoms with Crippen LogP contribution in [0, 0.1) is 19.3 Å². The lowest BCUT2D eigenvalue weighted by atomic mass is 9.88. The highest BCUT2D eigenvalue weighted by atomic mass is 16.2. The fourth-order valence-corrected chi connectivity index (χ4v) is 1.60. The van der Waals surface area contributed by atoms with Gasteiger partial charge >= 0.3 is 0 Å². The fourth-order valence-electron chi connectivity index (χ4n) is 1.60. The fraction of sp³-hybridized carbons (Fsp3) is 0.692. The number of aliphatic hydroxyl groups is 1. The van der Waals surface area contributed by atoms with Crippen LogP contribution in [0.2, 0.25) is 0 Å². The van der Waals surface area contributed by atoms with Crippen LogP contribution in [0.1, 0.15) is 38.1 Å². The predicted molar refractivity (Wildman–Crippen MR) is 70.1 cm³/mol. The molecule has 4 heteroatoms. The summed E-state index contributed by atoms with van der Waals surface area (Å²) < 4.78 is 0. The van der Waals surface area contributed by atoms with E-state index in [1.165, 1.54) is 0 Å². The molecule has 0 saturated heterocycles. The molecule has 1 aromatic rings. The summed E-state index contributed by atoms with van der Waals surface area (Å²) in [6.45, 7) is 9.38. The summed E-state index contributed by atoms with van der Waals surface area (Å²) in [5, 5.41) is 12.1. The van der Waals surface area contributed by atoms with Crippen molar-refractivity contribution in [3.05, 3.63) is 17.6 Å². The summed E-state index contributed by atoms with van der Waals surface area (Å²) in [4.78, 5) is 8.71. The predicted octanol–water partition coefficient (Wildman–Crippen LogP) is 2.30. The number of aryl methyl sites for hydroxylation is 2. The third-order valence-electron chi connectivity index (χ3n) is 2.95. The van der Waals surface area contributed by atoms with Crippen LogP contribution in [0.25, 0.3) is 0 Å². The third kappa shape index (κ3) is 4.69. The van der Waals surface area contributed by atoms with Gasteiger partial charge in [0.15, 0.2) is 0 Å². The van der Waals surface area contributed by atoms with Crippen LogP contribution < -0.4 is 5.32 Å². The smallest absolute Gasteiger partial charge is 0.144 e. The van der Waals surface area contributed by atoms with Gasteiger partial charge < -0.3 is 10.4 Å². The number of nitrogens with zero attached hydrogens (tertiary/aromatic N) is 2. The van der Waals surface area contributed by atoms with Gasteiger partial charge in [-0.15, -0.1) is 0 Å². The van der Waals surface area contributed by atoms with E-state index in [2.05, 4.69) is 29.1 Å². The first-order valence-corrected chi connectivity index (χ1v) is 6.09. The van der Waals surface area contributed by atoms with Gasteiger partial charge in [0.1, 0.15) is 5.82 Å². The molecule has 2 N–H and O–H groups in total. The Morgan fingerprint density at radius 1 is 1.29 bits per heavy atom. The highest BCUT2D eigenvalue weighted by Gasteiger charge is 2.17. The van der Waals surface area contributed by atoms with Crippen molar-refractivity contribution >= 4 is 5.82 Å². The molecule has 0 amide bonds. The number of rotatable bonds is 6. The van der Waals surface area contributed by atoms with Gasteiger partial charge in [-0.3, -0.25) is 4.98 Å². The molecule has 0 spiro atoms. The maximum Gasteiger partial charge on any atom is 0.144 e. The molecule has 0 aliphatic rings. The monoisotopic (exact) mass is 237 g/mol. The van der Waals surface area contributed by atoms with Gasteiger partial charge in [0, 0.05) is 13.2 Å². The molecule has 0 atom stereocenters. The Kier molecular flexibility index (Phi) is 4.87. The molecule has 0 unspecified atom stereocenters. The first-order valence-electron chi connectivity index (χ1n) is 6.09. The maximum absolute atomic E-state index is 8.84. The largest absolute Gasteiger partial charge is 0.396 e. The minimum Gasteiger partial charge on any atom is -0.396 e. The lowest BCUT2D eigenvalue weighted by Crippen LogP contribution is -2.24. The summed E-state index contributed by atoms with van der Waals surface area (Å²) in [5.74, 6) is 0.824. The number of hydrogen-bond donors (Lipinski definition) is 2. The highest BCUT2D eigenvalue weighted by Crippen LogP contribution is 2.22. The Hall–Kier alpha value is -1.16. The average Bonchev–Trinajstić information content (AvgIpc) is 2.28. The number of hydrogen-bond acceptors (Lipinski definition) is 4. The molecule has 4 nitrogen and oxygen atoms in total. The van der Waals surface area contributed by atoms with Gasteiger partial charge in [0.25, 0.3) is 0 Å². The summed E-state index contributed by atoms with van der Waals surface area (Å²) >= 11 is 0. The highest BCUT2D eigenvalue weighted by molar-refractivity contribution is 5.33.